The smallest absolute Gasteiger partial charge is 0.339 e. The zero-order valence-corrected chi connectivity index (χ0v) is 12.4. The molecule has 7 heteroatoms. The summed E-state index contributed by atoms with van der Waals surface area (Å²) in [5.74, 6) is -0.867. The van der Waals surface area contributed by atoms with E-state index in [0.29, 0.717) is 31.7 Å². The van der Waals surface area contributed by atoms with Crippen LogP contribution < -0.4 is 11.1 Å². The van der Waals surface area contributed by atoms with Gasteiger partial charge < -0.3 is 20.5 Å². The average Bonchev–Trinajstić information content (AvgIpc) is 2.49. The second-order valence-corrected chi connectivity index (χ2v) is 5.32. The number of hydrogen-bond donors (Lipinski definition) is 2. The molecule has 2 rings (SSSR count). The molecule has 1 aliphatic heterocycles. The van der Waals surface area contributed by atoms with Gasteiger partial charge in [-0.2, -0.15) is 0 Å². The van der Waals surface area contributed by atoms with Crippen molar-refractivity contribution in [2.24, 2.45) is 5.73 Å². The van der Waals surface area contributed by atoms with Crippen molar-refractivity contribution in [3.05, 3.63) is 28.8 Å². The lowest BCUT2D eigenvalue weighted by Gasteiger charge is -2.31. The number of hydrogen-bond acceptors (Lipinski definition) is 5. The topological polar surface area (TPSA) is 90.7 Å². The molecule has 21 heavy (non-hydrogen) atoms. The van der Waals surface area contributed by atoms with Crippen LogP contribution in [0.25, 0.3) is 0 Å². The molecule has 1 saturated heterocycles. The van der Waals surface area contributed by atoms with E-state index in [1.807, 2.05) is 0 Å². The number of methoxy groups -OCH3 is 1. The molecule has 1 amide bonds. The van der Waals surface area contributed by atoms with Crippen LogP contribution in [-0.4, -0.2) is 37.7 Å². The molecule has 0 aromatic heterocycles. The minimum atomic E-state index is -0.955. The summed E-state index contributed by atoms with van der Waals surface area (Å²) in [5.41, 5.74) is 5.77. The first-order valence-electron chi connectivity index (χ1n) is 6.52. The molecule has 0 radical (unpaired) electrons. The number of carbonyl (C=O) groups is 2. The monoisotopic (exact) mass is 312 g/mol. The number of nitrogens with two attached hydrogens (primary N) is 1. The summed E-state index contributed by atoms with van der Waals surface area (Å²) < 4.78 is 9.84. The number of nitrogens with one attached hydrogen (secondary N) is 1. The second kappa shape index (κ2) is 6.43. The van der Waals surface area contributed by atoms with E-state index in [-0.39, 0.29) is 16.5 Å². The zero-order valence-electron chi connectivity index (χ0n) is 11.6. The number of ether oxygens (including phenoxy) is 2. The van der Waals surface area contributed by atoms with Gasteiger partial charge in [0.25, 0.3) is 0 Å². The highest BCUT2D eigenvalue weighted by Gasteiger charge is 2.36. The van der Waals surface area contributed by atoms with Gasteiger partial charge in [0, 0.05) is 18.9 Å². The Bertz CT molecular complexity index is 556. The van der Waals surface area contributed by atoms with Gasteiger partial charge in [-0.15, -0.1) is 0 Å². The second-order valence-electron chi connectivity index (χ2n) is 4.91. The molecular weight excluding hydrogens is 296 g/mol. The summed E-state index contributed by atoms with van der Waals surface area (Å²) in [7, 11) is 1.26. The van der Waals surface area contributed by atoms with Crippen LogP contribution in [0.15, 0.2) is 18.2 Å². The molecule has 1 heterocycles. The molecule has 1 fully saturated rings. The summed E-state index contributed by atoms with van der Waals surface area (Å²) >= 11 is 5.93. The van der Waals surface area contributed by atoms with Gasteiger partial charge in [0.1, 0.15) is 5.54 Å². The molecule has 1 aromatic rings. The van der Waals surface area contributed by atoms with Crippen LogP contribution >= 0.6 is 11.6 Å². The summed E-state index contributed by atoms with van der Waals surface area (Å²) in [6, 6.07) is 4.60. The van der Waals surface area contributed by atoms with Gasteiger partial charge in [-0.3, -0.25) is 4.79 Å². The van der Waals surface area contributed by atoms with Crippen molar-refractivity contribution in [3.63, 3.8) is 0 Å². The maximum atomic E-state index is 12.3. The fourth-order valence-electron chi connectivity index (χ4n) is 2.09. The first kappa shape index (κ1) is 15.8. The average molecular weight is 313 g/mol. The highest BCUT2D eigenvalue weighted by molar-refractivity contribution is 6.33. The zero-order chi connectivity index (χ0) is 15.5. The molecule has 0 unspecified atom stereocenters. The lowest BCUT2D eigenvalue weighted by molar-refractivity contribution is -0.124. The van der Waals surface area contributed by atoms with Crippen molar-refractivity contribution >= 4 is 29.2 Å². The Balaban J connectivity index is 2.16. The van der Waals surface area contributed by atoms with E-state index in [1.54, 1.807) is 6.07 Å². The van der Waals surface area contributed by atoms with Gasteiger partial charge in [0.05, 0.1) is 17.7 Å². The van der Waals surface area contributed by atoms with Crippen LogP contribution in [0.3, 0.4) is 0 Å². The first-order chi connectivity index (χ1) is 9.96. The highest BCUT2D eigenvalue weighted by Crippen LogP contribution is 2.24. The van der Waals surface area contributed by atoms with Gasteiger partial charge in [0.2, 0.25) is 5.91 Å². The largest absolute Gasteiger partial charge is 0.465 e. The summed E-state index contributed by atoms with van der Waals surface area (Å²) in [5, 5.41) is 2.97. The number of amides is 1. The van der Waals surface area contributed by atoms with E-state index >= 15 is 0 Å². The third-order valence-corrected chi connectivity index (χ3v) is 3.80. The van der Waals surface area contributed by atoms with Crippen LogP contribution in [0, 0.1) is 0 Å². The van der Waals surface area contributed by atoms with Crippen molar-refractivity contribution in [2.45, 2.75) is 18.4 Å². The molecule has 0 atom stereocenters. The molecule has 0 aliphatic carbocycles. The van der Waals surface area contributed by atoms with E-state index in [0.717, 1.165) is 0 Å². The van der Waals surface area contributed by atoms with E-state index in [9.17, 15) is 9.59 Å². The van der Waals surface area contributed by atoms with Crippen LogP contribution in [0.2, 0.25) is 5.02 Å². The van der Waals surface area contributed by atoms with Crippen LogP contribution in [-0.2, 0) is 14.3 Å². The highest BCUT2D eigenvalue weighted by atomic mass is 35.5. The summed E-state index contributed by atoms with van der Waals surface area (Å²) in [4.78, 5) is 23.9. The van der Waals surface area contributed by atoms with E-state index in [1.165, 1.54) is 19.2 Å². The first-order valence-corrected chi connectivity index (χ1v) is 6.90. The molecule has 114 valence electrons. The molecule has 0 spiro atoms. The van der Waals surface area contributed by atoms with Crippen LogP contribution in [0.5, 0.6) is 0 Å². The van der Waals surface area contributed by atoms with E-state index in [2.05, 4.69) is 10.1 Å². The van der Waals surface area contributed by atoms with Crippen molar-refractivity contribution in [2.75, 3.05) is 25.6 Å². The fraction of sp³-hybridized carbons (Fsp3) is 0.429. The Hall–Kier alpha value is -1.63. The van der Waals surface area contributed by atoms with Crippen molar-refractivity contribution < 1.29 is 19.1 Å². The Morgan fingerprint density at radius 1 is 1.38 bits per heavy atom. The van der Waals surface area contributed by atoms with Crippen molar-refractivity contribution in [1.29, 1.82) is 0 Å². The third kappa shape index (κ3) is 3.53. The molecule has 6 nitrogen and oxygen atoms in total. The minimum absolute atomic E-state index is 0.190. The van der Waals surface area contributed by atoms with E-state index in [4.69, 9.17) is 22.1 Å². The number of anilines is 1. The Morgan fingerprint density at radius 3 is 2.67 bits per heavy atom. The van der Waals surface area contributed by atoms with E-state index < -0.39 is 11.5 Å². The number of rotatable bonds is 3. The minimum Gasteiger partial charge on any atom is -0.465 e. The van der Waals surface area contributed by atoms with Gasteiger partial charge in [-0.1, -0.05) is 11.6 Å². The normalized spacial score (nSPS) is 17.1. The van der Waals surface area contributed by atoms with Crippen LogP contribution in [0.4, 0.5) is 5.69 Å². The predicted octanol–water partition coefficient (Wildman–Crippen LogP) is 1.57. The Morgan fingerprint density at radius 2 is 2.05 bits per heavy atom. The number of carbonyl (C=O) groups excluding carboxylic acids is 2. The maximum absolute atomic E-state index is 12.3. The maximum Gasteiger partial charge on any atom is 0.339 e. The lowest BCUT2D eigenvalue weighted by atomic mass is 9.90. The Kier molecular flexibility index (Phi) is 4.82. The van der Waals surface area contributed by atoms with Gasteiger partial charge in [-0.25, -0.2) is 4.79 Å². The summed E-state index contributed by atoms with van der Waals surface area (Å²) in [6.45, 7) is 0.913. The molecule has 0 saturated carbocycles. The SMILES string of the molecule is COC(=O)c1cc(NC(=O)C2(N)CCOCC2)ccc1Cl. The summed E-state index contributed by atoms with van der Waals surface area (Å²) in [6.07, 6.45) is 0.909. The van der Waals surface area contributed by atoms with Crippen molar-refractivity contribution in [3.8, 4) is 0 Å². The lowest BCUT2D eigenvalue weighted by Crippen LogP contribution is -2.54. The molecule has 1 aliphatic rings. The number of halogens is 1. The molecule has 3 N–H and O–H groups in total. The molecular formula is C14H17ClN2O4. The Labute approximate surface area is 127 Å². The quantitative estimate of drug-likeness (QED) is 0.827. The standard InChI is InChI=1S/C14H17ClN2O4/c1-20-12(18)10-8-9(2-3-11(10)15)17-13(19)14(16)4-6-21-7-5-14/h2-3,8H,4-7,16H2,1H3,(H,17,19). The predicted molar refractivity (Wildman–Crippen MR) is 78.4 cm³/mol. The van der Waals surface area contributed by atoms with Crippen molar-refractivity contribution in [1.82, 2.24) is 0 Å². The van der Waals surface area contributed by atoms with Gasteiger partial charge in [0.15, 0.2) is 0 Å². The molecule has 1 aromatic carbocycles. The number of esters is 1. The fourth-order valence-corrected chi connectivity index (χ4v) is 2.28. The van der Waals surface area contributed by atoms with Gasteiger partial charge in [-0.05, 0) is 31.0 Å². The molecule has 0 bridgehead atoms. The third-order valence-electron chi connectivity index (χ3n) is 3.47. The number of benzene rings is 1. The van der Waals surface area contributed by atoms with Crippen LogP contribution in [0.1, 0.15) is 23.2 Å². The van der Waals surface area contributed by atoms with Gasteiger partial charge >= 0.3 is 5.97 Å².